The Morgan fingerprint density at radius 3 is 2.56 bits per heavy atom. The maximum atomic E-state index is 10.1. The molecule has 2 aromatic rings. The van der Waals surface area contributed by atoms with Crippen LogP contribution in [0.3, 0.4) is 0 Å². The molecule has 1 N–H and O–H groups in total. The summed E-state index contributed by atoms with van der Waals surface area (Å²) in [6.07, 6.45) is 4.56. The number of aromatic nitrogens is 4. The van der Waals surface area contributed by atoms with Crippen molar-refractivity contribution in [1.82, 2.24) is 19.6 Å². The maximum Gasteiger partial charge on any atom is 0.124 e. The average molecular weight is 220 g/mol. The summed E-state index contributed by atoms with van der Waals surface area (Å²) in [6.45, 7) is 4.10. The fourth-order valence-corrected chi connectivity index (χ4v) is 1.60. The quantitative estimate of drug-likeness (QED) is 0.847. The molecule has 0 aliphatic rings. The molecule has 0 saturated carbocycles. The van der Waals surface area contributed by atoms with E-state index in [-0.39, 0.29) is 0 Å². The summed E-state index contributed by atoms with van der Waals surface area (Å²) < 4.78 is 3.49. The van der Waals surface area contributed by atoms with Gasteiger partial charge in [0.25, 0.3) is 0 Å². The van der Waals surface area contributed by atoms with Crippen molar-refractivity contribution in [2.45, 2.75) is 26.0 Å². The molecule has 5 nitrogen and oxygen atoms in total. The summed E-state index contributed by atoms with van der Waals surface area (Å²) in [5.74, 6) is 0. The standard InChI is InChI=1S/C11H16N4O/c1-8(2)15-7-9(6-13-15)11(16)10-4-5-12-14(10)3/h4-8,11,16H,1-3H3. The fraction of sp³-hybridized carbons (Fsp3) is 0.455. The van der Waals surface area contributed by atoms with Gasteiger partial charge >= 0.3 is 0 Å². The van der Waals surface area contributed by atoms with Crippen molar-refractivity contribution in [1.29, 1.82) is 0 Å². The SMILES string of the molecule is CC(C)n1cc(C(O)c2ccnn2C)cn1. The molecule has 0 saturated heterocycles. The largest absolute Gasteiger partial charge is 0.382 e. The molecule has 0 aliphatic heterocycles. The van der Waals surface area contributed by atoms with Gasteiger partial charge < -0.3 is 5.11 Å². The topological polar surface area (TPSA) is 55.9 Å². The Balaban J connectivity index is 2.27. The van der Waals surface area contributed by atoms with Crippen molar-refractivity contribution in [2.75, 3.05) is 0 Å². The Kier molecular flexibility index (Phi) is 2.78. The van der Waals surface area contributed by atoms with Crippen molar-refractivity contribution in [2.24, 2.45) is 7.05 Å². The first-order valence-electron chi connectivity index (χ1n) is 5.29. The van der Waals surface area contributed by atoms with Gasteiger partial charge in [-0.15, -0.1) is 0 Å². The highest BCUT2D eigenvalue weighted by Crippen LogP contribution is 2.21. The van der Waals surface area contributed by atoms with E-state index in [1.165, 1.54) is 0 Å². The summed E-state index contributed by atoms with van der Waals surface area (Å²) in [4.78, 5) is 0. The lowest BCUT2D eigenvalue weighted by Crippen LogP contribution is -2.06. The molecule has 5 heteroatoms. The lowest BCUT2D eigenvalue weighted by atomic mass is 10.1. The van der Waals surface area contributed by atoms with Crippen LogP contribution in [0, 0.1) is 0 Å². The van der Waals surface area contributed by atoms with E-state index in [0.29, 0.717) is 6.04 Å². The molecule has 1 unspecified atom stereocenters. The van der Waals surface area contributed by atoms with E-state index in [9.17, 15) is 5.11 Å². The zero-order valence-corrected chi connectivity index (χ0v) is 9.70. The lowest BCUT2D eigenvalue weighted by molar-refractivity contribution is 0.209. The van der Waals surface area contributed by atoms with E-state index >= 15 is 0 Å². The first-order valence-corrected chi connectivity index (χ1v) is 5.29. The summed E-state index contributed by atoms with van der Waals surface area (Å²) in [5.41, 5.74) is 1.56. The average Bonchev–Trinajstić information content (AvgIpc) is 2.84. The molecular weight excluding hydrogens is 204 g/mol. The van der Waals surface area contributed by atoms with Crippen LogP contribution in [0.1, 0.15) is 37.3 Å². The molecule has 0 aliphatic carbocycles. The Morgan fingerprint density at radius 1 is 1.31 bits per heavy atom. The van der Waals surface area contributed by atoms with E-state index < -0.39 is 6.10 Å². The summed E-state index contributed by atoms with van der Waals surface area (Å²) in [7, 11) is 1.81. The molecule has 0 radical (unpaired) electrons. The third kappa shape index (κ3) is 1.86. The van der Waals surface area contributed by atoms with Gasteiger partial charge in [-0.05, 0) is 19.9 Å². The maximum absolute atomic E-state index is 10.1. The van der Waals surface area contributed by atoms with E-state index in [2.05, 4.69) is 10.2 Å². The molecule has 2 aromatic heterocycles. The Hall–Kier alpha value is -1.62. The molecule has 0 fully saturated rings. The minimum Gasteiger partial charge on any atom is -0.382 e. The Morgan fingerprint density at radius 2 is 2.06 bits per heavy atom. The Labute approximate surface area is 94.3 Å². The van der Waals surface area contributed by atoms with Gasteiger partial charge in [0, 0.05) is 31.0 Å². The highest BCUT2D eigenvalue weighted by molar-refractivity contribution is 5.20. The molecule has 0 amide bonds. The molecule has 16 heavy (non-hydrogen) atoms. The molecule has 86 valence electrons. The van der Waals surface area contributed by atoms with Crippen LogP contribution in [0.2, 0.25) is 0 Å². The van der Waals surface area contributed by atoms with Crippen LogP contribution in [0.25, 0.3) is 0 Å². The second kappa shape index (κ2) is 4.09. The Bertz CT molecular complexity index is 472. The first-order chi connectivity index (χ1) is 7.59. The van der Waals surface area contributed by atoms with Gasteiger partial charge in [0.2, 0.25) is 0 Å². The number of aryl methyl sites for hydroxylation is 1. The van der Waals surface area contributed by atoms with E-state index in [0.717, 1.165) is 11.3 Å². The van der Waals surface area contributed by atoms with Gasteiger partial charge in [0.1, 0.15) is 6.10 Å². The normalized spacial score (nSPS) is 13.3. The van der Waals surface area contributed by atoms with Crippen LogP contribution in [0.4, 0.5) is 0 Å². The number of rotatable bonds is 3. The molecule has 2 rings (SSSR count). The number of nitrogens with zero attached hydrogens (tertiary/aromatic N) is 4. The highest BCUT2D eigenvalue weighted by atomic mass is 16.3. The van der Waals surface area contributed by atoms with Crippen molar-refractivity contribution in [3.8, 4) is 0 Å². The zero-order chi connectivity index (χ0) is 11.7. The second-order valence-corrected chi connectivity index (χ2v) is 4.13. The van der Waals surface area contributed by atoms with Gasteiger partial charge in [-0.2, -0.15) is 10.2 Å². The van der Waals surface area contributed by atoms with E-state index in [1.807, 2.05) is 31.8 Å². The van der Waals surface area contributed by atoms with Crippen LogP contribution in [-0.2, 0) is 7.05 Å². The minimum atomic E-state index is -0.667. The number of hydrogen-bond acceptors (Lipinski definition) is 3. The van der Waals surface area contributed by atoms with Crippen LogP contribution in [0.15, 0.2) is 24.7 Å². The van der Waals surface area contributed by atoms with Crippen LogP contribution in [-0.4, -0.2) is 24.7 Å². The van der Waals surface area contributed by atoms with Crippen LogP contribution in [0.5, 0.6) is 0 Å². The molecule has 2 heterocycles. The van der Waals surface area contributed by atoms with E-state index in [4.69, 9.17) is 0 Å². The third-order valence-corrected chi connectivity index (χ3v) is 2.61. The second-order valence-electron chi connectivity index (χ2n) is 4.13. The monoisotopic (exact) mass is 220 g/mol. The van der Waals surface area contributed by atoms with Gasteiger partial charge in [0.15, 0.2) is 0 Å². The number of hydrogen-bond donors (Lipinski definition) is 1. The smallest absolute Gasteiger partial charge is 0.124 e. The molecule has 0 bridgehead atoms. The van der Waals surface area contributed by atoms with Gasteiger partial charge in [-0.1, -0.05) is 0 Å². The van der Waals surface area contributed by atoms with Crippen LogP contribution < -0.4 is 0 Å². The van der Waals surface area contributed by atoms with Crippen LogP contribution >= 0.6 is 0 Å². The van der Waals surface area contributed by atoms with Gasteiger partial charge in [-0.3, -0.25) is 9.36 Å². The molecule has 0 aromatic carbocycles. The third-order valence-electron chi connectivity index (χ3n) is 2.61. The number of aliphatic hydroxyl groups is 1. The molecule has 1 atom stereocenters. The fourth-order valence-electron chi connectivity index (χ4n) is 1.60. The predicted octanol–water partition coefficient (Wildman–Crippen LogP) is 1.28. The first kappa shape index (κ1) is 10.9. The minimum absolute atomic E-state index is 0.299. The summed E-state index contributed by atoms with van der Waals surface area (Å²) in [6, 6.07) is 2.10. The number of aliphatic hydroxyl groups excluding tert-OH is 1. The predicted molar refractivity (Wildman–Crippen MR) is 59.9 cm³/mol. The summed E-state index contributed by atoms with van der Waals surface area (Å²) >= 11 is 0. The van der Waals surface area contributed by atoms with Gasteiger partial charge in [0.05, 0.1) is 11.9 Å². The van der Waals surface area contributed by atoms with Crippen molar-refractivity contribution < 1.29 is 5.11 Å². The van der Waals surface area contributed by atoms with Crippen molar-refractivity contribution in [3.05, 3.63) is 35.9 Å². The van der Waals surface area contributed by atoms with Crippen molar-refractivity contribution in [3.63, 3.8) is 0 Å². The van der Waals surface area contributed by atoms with Gasteiger partial charge in [-0.25, -0.2) is 0 Å². The molecule has 0 spiro atoms. The van der Waals surface area contributed by atoms with E-state index in [1.54, 1.807) is 23.1 Å². The van der Waals surface area contributed by atoms with Crippen molar-refractivity contribution >= 4 is 0 Å². The lowest BCUT2D eigenvalue weighted by Gasteiger charge is -2.08. The summed E-state index contributed by atoms with van der Waals surface area (Å²) in [5, 5.41) is 18.4. The highest BCUT2D eigenvalue weighted by Gasteiger charge is 2.16. The zero-order valence-electron chi connectivity index (χ0n) is 9.70. The molecular formula is C11H16N4O.